The minimum absolute atomic E-state index is 0.0417. The predicted octanol–water partition coefficient (Wildman–Crippen LogP) is 2.37. The molecule has 30 heavy (non-hydrogen) atoms. The molecule has 2 fully saturated rings. The molecule has 0 aromatic carbocycles. The standard InChI is InChI=1S/C10H18N2O2.C6H10O2.C6H8O2/c11-7-1-4-10(5-2-7)6-3-8(10)9(13)14-12;2*1-5(7)3-4-6(2)8/h7-8H,1-6,11-12H2;3-4H2,1-2H3;3-4H,1-2H3/b;;4-3-. The van der Waals surface area contributed by atoms with Crippen molar-refractivity contribution in [3.63, 3.8) is 0 Å². The van der Waals surface area contributed by atoms with Crippen molar-refractivity contribution in [2.75, 3.05) is 0 Å². The van der Waals surface area contributed by atoms with E-state index in [1.54, 1.807) is 0 Å². The van der Waals surface area contributed by atoms with Crippen molar-refractivity contribution in [3.05, 3.63) is 12.2 Å². The first-order chi connectivity index (χ1) is 13.9. The molecule has 0 aromatic heterocycles. The zero-order valence-electron chi connectivity index (χ0n) is 18.6. The molecule has 170 valence electrons. The van der Waals surface area contributed by atoms with Gasteiger partial charge in [-0.2, -0.15) is 5.90 Å². The molecule has 4 N–H and O–H groups in total. The van der Waals surface area contributed by atoms with Gasteiger partial charge in [-0.15, -0.1) is 0 Å². The summed E-state index contributed by atoms with van der Waals surface area (Å²) < 4.78 is 0. The van der Waals surface area contributed by atoms with Crippen LogP contribution in [0.3, 0.4) is 0 Å². The van der Waals surface area contributed by atoms with Crippen LogP contribution in [0.25, 0.3) is 0 Å². The molecule has 0 amide bonds. The molecular formula is C22H36N2O6. The lowest BCUT2D eigenvalue weighted by Gasteiger charge is -2.51. The van der Waals surface area contributed by atoms with Gasteiger partial charge in [0.05, 0.1) is 5.92 Å². The van der Waals surface area contributed by atoms with Crippen LogP contribution < -0.4 is 11.6 Å². The van der Waals surface area contributed by atoms with Gasteiger partial charge in [-0.1, -0.05) is 0 Å². The van der Waals surface area contributed by atoms with Gasteiger partial charge in [0.15, 0.2) is 11.6 Å². The van der Waals surface area contributed by atoms with Gasteiger partial charge in [-0.25, -0.2) is 0 Å². The van der Waals surface area contributed by atoms with Gasteiger partial charge in [-0.05, 0) is 83.8 Å². The van der Waals surface area contributed by atoms with Crippen LogP contribution in [0.15, 0.2) is 12.2 Å². The summed E-state index contributed by atoms with van der Waals surface area (Å²) in [6.07, 6.45) is 9.57. The van der Waals surface area contributed by atoms with Gasteiger partial charge >= 0.3 is 5.97 Å². The summed E-state index contributed by atoms with van der Waals surface area (Å²) in [6.45, 7) is 5.78. The van der Waals surface area contributed by atoms with Crippen LogP contribution in [0, 0.1) is 11.3 Å². The largest absolute Gasteiger partial charge is 0.373 e. The second-order valence-corrected chi connectivity index (χ2v) is 8.19. The molecule has 8 heteroatoms. The van der Waals surface area contributed by atoms with Crippen LogP contribution in [0.1, 0.15) is 79.1 Å². The number of rotatable bonds is 6. The molecule has 0 heterocycles. The van der Waals surface area contributed by atoms with Crippen molar-refractivity contribution in [2.45, 2.75) is 85.1 Å². The van der Waals surface area contributed by atoms with Gasteiger partial charge in [-0.3, -0.25) is 14.4 Å². The van der Waals surface area contributed by atoms with Gasteiger partial charge < -0.3 is 20.2 Å². The van der Waals surface area contributed by atoms with E-state index in [0.717, 1.165) is 38.5 Å². The van der Waals surface area contributed by atoms with E-state index in [0.29, 0.717) is 18.9 Å². The maximum Gasteiger partial charge on any atom is 0.328 e. The molecule has 0 aliphatic heterocycles. The van der Waals surface area contributed by atoms with Crippen molar-refractivity contribution < 1.29 is 28.8 Å². The number of hydrogen-bond donors (Lipinski definition) is 2. The van der Waals surface area contributed by atoms with Crippen molar-refractivity contribution in [3.8, 4) is 0 Å². The zero-order valence-corrected chi connectivity index (χ0v) is 18.6. The molecule has 2 rings (SSSR count). The first-order valence-electron chi connectivity index (χ1n) is 10.3. The first kappa shape index (κ1) is 27.8. The Morgan fingerprint density at radius 2 is 1.23 bits per heavy atom. The number of carbonyl (C=O) groups excluding carboxylic acids is 5. The molecule has 0 radical (unpaired) electrons. The number of Topliss-reactive ketones (excluding diaryl/α,β-unsaturated/α-hetero) is 2. The first-order valence-corrected chi connectivity index (χ1v) is 10.3. The number of carbonyl (C=O) groups is 5. The van der Waals surface area contributed by atoms with E-state index in [1.807, 2.05) is 0 Å². The van der Waals surface area contributed by atoms with Crippen molar-refractivity contribution >= 4 is 29.1 Å². The van der Waals surface area contributed by atoms with Crippen LogP contribution in [0.5, 0.6) is 0 Å². The van der Waals surface area contributed by atoms with Gasteiger partial charge in [0.2, 0.25) is 0 Å². The average molecular weight is 425 g/mol. The highest BCUT2D eigenvalue weighted by molar-refractivity contribution is 5.96. The van der Waals surface area contributed by atoms with E-state index in [4.69, 9.17) is 11.6 Å². The minimum Gasteiger partial charge on any atom is -0.373 e. The van der Waals surface area contributed by atoms with Gasteiger partial charge in [0, 0.05) is 18.9 Å². The fourth-order valence-electron chi connectivity index (χ4n) is 3.55. The molecule has 0 bridgehead atoms. The topological polar surface area (TPSA) is 147 Å². The summed E-state index contributed by atoms with van der Waals surface area (Å²) in [5.41, 5.74) is 6.03. The van der Waals surface area contributed by atoms with E-state index >= 15 is 0 Å². The highest BCUT2D eigenvalue weighted by Gasteiger charge is 2.52. The maximum absolute atomic E-state index is 11.4. The summed E-state index contributed by atoms with van der Waals surface area (Å²) in [4.78, 5) is 56.3. The van der Waals surface area contributed by atoms with Crippen LogP contribution in [-0.2, 0) is 28.8 Å². The lowest BCUT2D eigenvalue weighted by Crippen LogP contribution is -2.49. The molecule has 1 unspecified atom stereocenters. The summed E-state index contributed by atoms with van der Waals surface area (Å²) in [6, 6.07) is 0.329. The van der Waals surface area contributed by atoms with Gasteiger partial charge in [0.1, 0.15) is 11.6 Å². The quantitative estimate of drug-likeness (QED) is 0.488. The normalized spacial score (nSPS) is 24.5. The molecule has 1 spiro atoms. The molecule has 2 saturated carbocycles. The van der Waals surface area contributed by atoms with Gasteiger partial charge in [0.25, 0.3) is 0 Å². The Labute approximate surface area is 178 Å². The lowest BCUT2D eigenvalue weighted by atomic mass is 9.53. The molecular weight excluding hydrogens is 388 g/mol. The second-order valence-electron chi connectivity index (χ2n) is 8.19. The van der Waals surface area contributed by atoms with E-state index in [2.05, 4.69) is 4.84 Å². The zero-order chi connectivity index (χ0) is 23.3. The van der Waals surface area contributed by atoms with E-state index in [9.17, 15) is 24.0 Å². The fourth-order valence-corrected chi connectivity index (χ4v) is 3.55. The number of hydrogen-bond acceptors (Lipinski definition) is 8. The smallest absolute Gasteiger partial charge is 0.328 e. The Morgan fingerprint density at radius 1 is 0.833 bits per heavy atom. The third kappa shape index (κ3) is 11.1. The van der Waals surface area contributed by atoms with Crippen molar-refractivity contribution in [2.24, 2.45) is 23.0 Å². The predicted molar refractivity (Wildman–Crippen MR) is 113 cm³/mol. The summed E-state index contributed by atoms with van der Waals surface area (Å²) in [5, 5.41) is 0. The minimum atomic E-state index is -0.230. The van der Waals surface area contributed by atoms with Crippen molar-refractivity contribution in [1.29, 1.82) is 0 Å². The SMILES string of the molecule is CC(=O)/C=C\C(C)=O.CC(=O)CCC(C)=O.NOC(=O)C1CCC12CCC(N)CC2. The Hall–Kier alpha value is -2.19. The van der Waals surface area contributed by atoms with Crippen LogP contribution in [0.4, 0.5) is 0 Å². The summed E-state index contributed by atoms with van der Waals surface area (Å²) in [7, 11) is 0. The number of ketones is 4. The monoisotopic (exact) mass is 424 g/mol. The molecule has 1 atom stereocenters. The van der Waals surface area contributed by atoms with E-state index in [1.165, 1.54) is 39.8 Å². The van der Waals surface area contributed by atoms with E-state index < -0.39 is 0 Å². The Morgan fingerprint density at radius 3 is 1.50 bits per heavy atom. The lowest BCUT2D eigenvalue weighted by molar-refractivity contribution is -0.164. The summed E-state index contributed by atoms with van der Waals surface area (Å²) in [5.74, 6) is 4.71. The third-order valence-electron chi connectivity index (χ3n) is 5.48. The second kappa shape index (κ2) is 13.9. The number of allylic oxidation sites excluding steroid dienone is 2. The Bertz CT molecular complexity index is 618. The summed E-state index contributed by atoms with van der Waals surface area (Å²) >= 11 is 0. The Kier molecular flexibility index (Phi) is 12.9. The number of nitrogens with two attached hydrogens (primary N) is 2. The van der Waals surface area contributed by atoms with Crippen LogP contribution >= 0.6 is 0 Å². The highest BCUT2D eigenvalue weighted by atomic mass is 16.7. The van der Waals surface area contributed by atoms with Crippen molar-refractivity contribution in [1.82, 2.24) is 0 Å². The molecule has 2 aliphatic carbocycles. The fraction of sp³-hybridized carbons (Fsp3) is 0.682. The Balaban J connectivity index is 0.000000456. The maximum atomic E-state index is 11.4. The van der Waals surface area contributed by atoms with E-state index in [-0.39, 0.29) is 40.4 Å². The van der Waals surface area contributed by atoms with Crippen LogP contribution in [-0.4, -0.2) is 35.1 Å². The molecule has 2 aliphatic rings. The molecule has 0 saturated heterocycles. The average Bonchev–Trinajstić information content (AvgIpc) is 2.65. The molecule has 8 nitrogen and oxygen atoms in total. The highest BCUT2D eigenvalue weighted by Crippen LogP contribution is 2.55. The third-order valence-corrected chi connectivity index (χ3v) is 5.48. The van der Waals surface area contributed by atoms with Crippen LogP contribution in [0.2, 0.25) is 0 Å². The molecule has 0 aromatic rings.